The van der Waals surface area contributed by atoms with E-state index in [9.17, 15) is 9.18 Å². The second-order valence-electron chi connectivity index (χ2n) is 3.63. The van der Waals surface area contributed by atoms with Crippen LogP contribution in [0.25, 0.3) is 11.8 Å². The molecule has 0 saturated carbocycles. The van der Waals surface area contributed by atoms with Gasteiger partial charge in [0.1, 0.15) is 5.82 Å². The van der Waals surface area contributed by atoms with Gasteiger partial charge in [-0.15, -0.1) is 0 Å². The molecule has 2 rings (SSSR count). The molecule has 2 aromatic rings. The lowest BCUT2D eigenvalue weighted by Crippen LogP contribution is -2.13. The van der Waals surface area contributed by atoms with Gasteiger partial charge in [0.25, 0.3) is 0 Å². The molecule has 1 aromatic heterocycles. The molecule has 0 saturated heterocycles. The number of benzene rings is 1. The number of nitrogens with one attached hydrogen (secondary N) is 1. The quantitative estimate of drug-likeness (QED) is 0.838. The number of imidazole rings is 1. The third kappa shape index (κ3) is 2.63. The minimum absolute atomic E-state index is 0.228. The molecule has 0 aliphatic heterocycles. The van der Waals surface area contributed by atoms with E-state index >= 15 is 0 Å². The highest BCUT2D eigenvalue weighted by atomic mass is 19.1. The minimum atomic E-state index is -0.368. The van der Waals surface area contributed by atoms with Crippen LogP contribution in [-0.2, 0) is 4.79 Å². The van der Waals surface area contributed by atoms with Crippen LogP contribution >= 0.6 is 0 Å². The Balaban J connectivity index is 2.25. The van der Waals surface area contributed by atoms with E-state index in [-0.39, 0.29) is 11.7 Å². The van der Waals surface area contributed by atoms with E-state index in [1.165, 1.54) is 25.5 Å². The molecule has 1 amide bonds. The van der Waals surface area contributed by atoms with E-state index < -0.39 is 0 Å². The molecule has 18 heavy (non-hydrogen) atoms. The van der Waals surface area contributed by atoms with Gasteiger partial charge in [0.05, 0.1) is 12.0 Å². The molecule has 4 nitrogen and oxygen atoms in total. The molecule has 0 unspecified atom stereocenters. The fourth-order valence-corrected chi connectivity index (χ4v) is 1.49. The number of carbonyl (C=O) groups excluding carboxylic acids is 1. The molecule has 0 bridgehead atoms. The zero-order valence-electron chi connectivity index (χ0n) is 9.80. The van der Waals surface area contributed by atoms with Gasteiger partial charge in [-0.3, -0.25) is 4.79 Å². The highest BCUT2D eigenvalue weighted by Gasteiger charge is 2.04. The first-order chi connectivity index (χ1) is 8.70. The Kier molecular flexibility index (Phi) is 3.52. The van der Waals surface area contributed by atoms with Gasteiger partial charge in [0, 0.05) is 25.5 Å². The Morgan fingerprint density at radius 2 is 2.33 bits per heavy atom. The molecular formula is C13H12FN3O. The molecule has 0 atom stereocenters. The van der Waals surface area contributed by atoms with Crippen molar-refractivity contribution in [1.29, 1.82) is 0 Å². The van der Waals surface area contributed by atoms with Crippen LogP contribution < -0.4 is 5.32 Å². The summed E-state index contributed by atoms with van der Waals surface area (Å²) in [6.45, 7) is 0. The summed E-state index contributed by atoms with van der Waals surface area (Å²) in [4.78, 5) is 14.9. The Hall–Kier alpha value is -2.43. The Morgan fingerprint density at radius 3 is 2.94 bits per heavy atom. The van der Waals surface area contributed by atoms with Crippen molar-refractivity contribution in [3.8, 4) is 5.69 Å². The lowest BCUT2D eigenvalue weighted by molar-refractivity contribution is -0.115. The number of halogens is 1. The zero-order chi connectivity index (χ0) is 13.0. The molecule has 0 fully saturated rings. The normalized spacial score (nSPS) is 10.8. The zero-order valence-corrected chi connectivity index (χ0v) is 9.80. The van der Waals surface area contributed by atoms with Crippen LogP contribution in [0.15, 0.2) is 43.0 Å². The van der Waals surface area contributed by atoms with Gasteiger partial charge in [-0.25, -0.2) is 9.37 Å². The smallest absolute Gasteiger partial charge is 0.243 e. The monoisotopic (exact) mass is 245 g/mol. The second-order valence-corrected chi connectivity index (χ2v) is 3.63. The summed E-state index contributed by atoms with van der Waals surface area (Å²) >= 11 is 0. The van der Waals surface area contributed by atoms with Crippen molar-refractivity contribution in [2.45, 2.75) is 0 Å². The third-order valence-corrected chi connectivity index (χ3v) is 2.43. The molecule has 0 spiro atoms. The predicted molar refractivity (Wildman–Crippen MR) is 66.6 cm³/mol. The number of likely N-dealkylation sites (N-methyl/N-ethyl adjacent to an activating group) is 1. The van der Waals surface area contributed by atoms with E-state index in [2.05, 4.69) is 10.3 Å². The number of nitrogens with zero attached hydrogens (tertiary/aromatic N) is 2. The van der Waals surface area contributed by atoms with Crippen LogP contribution in [0.1, 0.15) is 5.56 Å². The highest BCUT2D eigenvalue weighted by Crippen LogP contribution is 2.15. The number of amides is 1. The first kappa shape index (κ1) is 12.0. The number of hydrogen-bond acceptors (Lipinski definition) is 2. The van der Waals surface area contributed by atoms with E-state index in [0.29, 0.717) is 11.3 Å². The summed E-state index contributed by atoms with van der Waals surface area (Å²) < 4.78 is 15.4. The number of carbonyl (C=O) groups is 1. The van der Waals surface area contributed by atoms with E-state index in [1.807, 2.05) is 0 Å². The van der Waals surface area contributed by atoms with Crippen molar-refractivity contribution in [1.82, 2.24) is 14.9 Å². The van der Waals surface area contributed by atoms with Crippen LogP contribution in [0.4, 0.5) is 4.39 Å². The third-order valence-electron chi connectivity index (χ3n) is 2.43. The van der Waals surface area contributed by atoms with E-state index in [0.717, 1.165) is 0 Å². The van der Waals surface area contributed by atoms with E-state index in [4.69, 9.17) is 0 Å². The Bertz CT molecular complexity index is 576. The van der Waals surface area contributed by atoms with Gasteiger partial charge < -0.3 is 9.88 Å². The van der Waals surface area contributed by atoms with Gasteiger partial charge in [-0.05, 0) is 23.8 Å². The van der Waals surface area contributed by atoms with Crippen LogP contribution in [0.5, 0.6) is 0 Å². The standard InChI is InChI=1S/C13H12FN3O/c1-15-13(18)5-3-10-2-4-12(11(14)8-10)17-7-6-16-9-17/h2-9H,1H3,(H,15,18). The van der Waals surface area contributed by atoms with Crippen molar-refractivity contribution >= 4 is 12.0 Å². The van der Waals surface area contributed by atoms with Crippen LogP contribution in [0.2, 0.25) is 0 Å². The maximum Gasteiger partial charge on any atom is 0.243 e. The Morgan fingerprint density at radius 1 is 1.50 bits per heavy atom. The summed E-state index contributed by atoms with van der Waals surface area (Å²) in [5.41, 5.74) is 1.05. The van der Waals surface area contributed by atoms with Gasteiger partial charge >= 0.3 is 0 Å². The summed E-state index contributed by atoms with van der Waals surface area (Å²) in [5.74, 6) is -0.596. The lowest BCUT2D eigenvalue weighted by atomic mass is 10.2. The number of hydrogen-bond donors (Lipinski definition) is 1. The minimum Gasteiger partial charge on any atom is -0.356 e. The fraction of sp³-hybridized carbons (Fsp3) is 0.0769. The van der Waals surface area contributed by atoms with Crippen molar-refractivity contribution in [2.75, 3.05) is 7.05 Å². The molecule has 0 aliphatic rings. The van der Waals surface area contributed by atoms with Crippen molar-refractivity contribution in [3.05, 3.63) is 54.4 Å². The maximum atomic E-state index is 13.8. The number of aromatic nitrogens is 2. The first-order valence-corrected chi connectivity index (χ1v) is 5.38. The van der Waals surface area contributed by atoms with Crippen molar-refractivity contribution in [2.24, 2.45) is 0 Å². The predicted octanol–water partition coefficient (Wildman–Crippen LogP) is 1.77. The van der Waals surface area contributed by atoms with Crippen LogP contribution in [0, 0.1) is 5.82 Å². The summed E-state index contributed by atoms with van der Waals surface area (Å²) in [6.07, 6.45) is 7.68. The van der Waals surface area contributed by atoms with Gasteiger partial charge in [0.2, 0.25) is 5.91 Å². The van der Waals surface area contributed by atoms with E-state index in [1.54, 1.807) is 35.2 Å². The average Bonchev–Trinajstić information content (AvgIpc) is 2.89. The average molecular weight is 245 g/mol. The van der Waals surface area contributed by atoms with Crippen LogP contribution in [0.3, 0.4) is 0 Å². The van der Waals surface area contributed by atoms with Gasteiger partial charge in [-0.2, -0.15) is 0 Å². The molecular weight excluding hydrogens is 233 g/mol. The largest absolute Gasteiger partial charge is 0.356 e. The number of rotatable bonds is 3. The van der Waals surface area contributed by atoms with Gasteiger partial charge in [0.15, 0.2) is 0 Å². The first-order valence-electron chi connectivity index (χ1n) is 5.38. The van der Waals surface area contributed by atoms with Gasteiger partial charge in [-0.1, -0.05) is 6.07 Å². The Labute approximate surface area is 104 Å². The molecule has 5 heteroatoms. The van der Waals surface area contributed by atoms with Crippen LogP contribution in [-0.4, -0.2) is 22.5 Å². The lowest BCUT2D eigenvalue weighted by Gasteiger charge is -2.04. The summed E-state index contributed by atoms with van der Waals surface area (Å²) in [7, 11) is 1.54. The highest BCUT2D eigenvalue weighted by molar-refractivity contribution is 5.91. The summed E-state index contributed by atoms with van der Waals surface area (Å²) in [6, 6.07) is 4.74. The topological polar surface area (TPSA) is 46.9 Å². The van der Waals surface area contributed by atoms with Crippen molar-refractivity contribution in [3.63, 3.8) is 0 Å². The second kappa shape index (κ2) is 5.27. The summed E-state index contributed by atoms with van der Waals surface area (Å²) in [5, 5.41) is 2.45. The molecule has 92 valence electrons. The maximum absolute atomic E-state index is 13.8. The van der Waals surface area contributed by atoms with Crippen molar-refractivity contribution < 1.29 is 9.18 Å². The molecule has 1 heterocycles. The molecule has 1 aromatic carbocycles. The molecule has 0 radical (unpaired) electrons. The molecule has 0 aliphatic carbocycles. The SMILES string of the molecule is CNC(=O)C=Cc1ccc(-n2ccnc2)c(F)c1. The molecule has 1 N–H and O–H groups in total. The fourth-order valence-electron chi connectivity index (χ4n) is 1.49.